The third kappa shape index (κ3) is 5.50. The van der Waals surface area contributed by atoms with Crippen molar-refractivity contribution in [3.63, 3.8) is 0 Å². The highest BCUT2D eigenvalue weighted by Gasteiger charge is 2.29. The lowest BCUT2D eigenvalue weighted by molar-refractivity contribution is 0.0841. The molecule has 2 N–H and O–H groups in total. The number of unbranched alkanes of at least 4 members (excludes halogenated alkanes) is 6. The van der Waals surface area contributed by atoms with Crippen molar-refractivity contribution in [2.45, 2.75) is 83.3 Å². The SMILES string of the molecule is CCCCCCCCCC1CN=C(N)N1CC1CCCO1. The molecule has 0 aromatic rings. The Morgan fingerprint density at radius 3 is 2.67 bits per heavy atom. The quantitative estimate of drug-likeness (QED) is 0.629. The van der Waals surface area contributed by atoms with Gasteiger partial charge < -0.3 is 15.4 Å². The molecule has 2 aliphatic rings. The lowest BCUT2D eigenvalue weighted by Crippen LogP contribution is -2.44. The standard InChI is InChI=1S/C17H33N3O/c1-2-3-4-5-6-7-8-10-15-13-19-17(18)20(15)14-16-11-9-12-21-16/h15-16H,2-14H2,1H3,(H2,18,19). The molecule has 21 heavy (non-hydrogen) atoms. The van der Waals surface area contributed by atoms with E-state index in [0.717, 1.165) is 25.7 Å². The summed E-state index contributed by atoms with van der Waals surface area (Å²) in [5, 5.41) is 0. The van der Waals surface area contributed by atoms with Crippen LogP contribution in [0.25, 0.3) is 0 Å². The van der Waals surface area contributed by atoms with E-state index in [-0.39, 0.29) is 0 Å². The summed E-state index contributed by atoms with van der Waals surface area (Å²) in [4.78, 5) is 6.74. The Kier molecular flexibility index (Phi) is 7.34. The topological polar surface area (TPSA) is 50.8 Å². The molecule has 0 spiro atoms. The number of ether oxygens (including phenoxy) is 1. The molecule has 2 rings (SSSR count). The van der Waals surface area contributed by atoms with Crippen LogP contribution >= 0.6 is 0 Å². The summed E-state index contributed by atoms with van der Waals surface area (Å²) in [5.74, 6) is 0.735. The Morgan fingerprint density at radius 2 is 1.95 bits per heavy atom. The smallest absolute Gasteiger partial charge is 0.191 e. The minimum atomic E-state index is 0.369. The van der Waals surface area contributed by atoms with Crippen molar-refractivity contribution in [2.75, 3.05) is 19.7 Å². The van der Waals surface area contributed by atoms with Gasteiger partial charge in [-0.05, 0) is 19.3 Å². The monoisotopic (exact) mass is 295 g/mol. The third-order valence-electron chi connectivity index (χ3n) is 4.76. The van der Waals surface area contributed by atoms with Crippen LogP contribution in [0.5, 0.6) is 0 Å². The Morgan fingerprint density at radius 1 is 1.19 bits per heavy atom. The fraction of sp³-hybridized carbons (Fsp3) is 0.941. The number of hydrogen-bond acceptors (Lipinski definition) is 4. The molecular weight excluding hydrogens is 262 g/mol. The van der Waals surface area contributed by atoms with E-state index in [2.05, 4.69) is 16.8 Å². The van der Waals surface area contributed by atoms with Gasteiger partial charge >= 0.3 is 0 Å². The van der Waals surface area contributed by atoms with Gasteiger partial charge in [0.1, 0.15) is 0 Å². The molecule has 122 valence electrons. The van der Waals surface area contributed by atoms with Gasteiger partial charge in [-0.25, -0.2) is 0 Å². The van der Waals surface area contributed by atoms with E-state index in [4.69, 9.17) is 10.5 Å². The Balaban J connectivity index is 1.60. The molecular formula is C17H33N3O. The fourth-order valence-electron chi connectivity index (χ4n) is 3.41. The summed E-state index contributed by atoms with van der Waals surface area (Å²) in [6, 6.07) is 0.518. The summed E-state index contributed by atoms with van der Waals surface area (Å²) in [7, 11) is 0. The number of rotatable bonds is 10. The molecule has 0 saturated carbocycles. The maximum atomic E-state index is 6.05. The third-order valence-corrected chi connectivity index (χ3v) is 4.76. The Labute approximate surface area is 130 Å². The van der Waals surface area contributed by atoms with Crippen LogP contribution in [0.3, 0.4) is 0 Å². The number of nitrogens with zero attached hydrogens (tertiary/aromatic N) is 2. The molecule has 2 atom stereocenters. The summed E-state index contributed by atoms with van der Waals surface area (Å²) >= 11 is 0. The van der Waals surface area contributed by atoms with Gasteiger partial charge in [-0.1, -0.05) is 51.9 Å². The van der Waals surface area contributed by atoms with Crippen LogP contribution in [-0.4, -0.2) is 42.7 Å². The van der Waals surface area contributed by atoms with E-state index >= 15 is 0 Å². The van der Waals surface area contributed by atoms with Crippen LogP contribution < -0.4 is 5.73 Å². The minimum Gasteiger partial charge on any atom is -0.376 e. The first-order valence-corrected chi connectivity index (χ1v) is 8.99. The van der Waals surface area contributed by atoms with Crippen LogP contribution in [0.2, 0.25) is 0 Å². The van der Waals surface area contributed by atoms with Gasteiger partial charge in [0.25, 0.3) is 0 Å². The van der Waals surface area contributed by atoms with Gasteiger partial charge in [0.05, 0.1) is 18.7 Å². The van der Waals surface area contributed by atoms with Crippen molar-refractivity contribution >= 4 is 5.96 Å². The largest absolute Gasteiger partial charge is 0.376 e. The van der Waals surface area contributed by atoms with Gasteiger partial charge in [0.15, 0.2) is 5.96 Å². The predicted molar refractivity (Wildman–Crippen MR) is 88.6 cm³/mol. The van der Waals surface area contributed by atoms with Crippen LogP contribution in [0.15, 0.2) is 4.99 Å². The summed E-state index contributed by atoms with van der Waals surface area (Å²) in [5.41, 5.74) is 6.05. The van der Waals surface area contributed by atoms with E-state index in [1.54, 1.807) is 0 Å². The lowest BCUT2D eigenvalue weighted by Gasteiger charge is -2.28. The fourth-order valence-corrected chi connectivity index (χ4v) is 3.41. The molecule has 0 amide bonds. The molecule has 0 radical (unpaired) electrons. The molecule has 1 fully saturated rings. The number of guanidine groups is 1. The molecule has 0 aromatic carbocycles. The number of aliphatic imine (C=N–C) groups is 1. The average Bonchev–Trinajstić information content (AvgIpc) is 3.11. The summed E-state index contributed by atoms with van der Waals surface area (Å²) in [6.45, 7) is 5.01. The zero-order chi connectivity index (χ0) is 14.9. The van der Waals surface area contributed by atoms with Crippen molar-refractivity contribution in [3.8, 4) is 0 Å². The van der Waals surface area contributed by atoms with Crippen LogP contribution in [0.1, 0.15) is 71.1 Å². The number of nitrogens with two attached hydrogens (primary N) is 1. The van der Waals surface area contributed by atoms with Gasteiger partial charge in [-0.3, -0.25) is 4.99 Å². The predicted octanol–water partition coefficient (Wildman–Crippen LogP) is 3.31. The Hall–Kier alpha value is -0.770. The molecule has 0 bridgehead atoms. The highest BCUT2D eigenvalue weighted by atomic mass is 16.5. The Bertz CT molecular complexity index is 313. The molecule has 0 aliphatic carbocycles. The van der Waals surface area contributed by atoms with Gasteiger partial charge in [-0.2, -0.15) is 0 Å². The second kappa shape index (κ2) is 9.29. The average molecular weight is 295 g/mol. The van der Waals surface area contributed by atoms with Crippen molar-refractivity contribution in [1.29, 1.82) is 0 Å². The normalized spacial score (nSPS) is 25.6. The van der Waals surface area contributed by atoms with Crippen molar-refractivity contribution < 1.29 is 4.74 Å². The van der Waals surface area contributed by atoms with Gasteiger partial charge in [0, 0.05) is 13.2 Å². The molecule has 1 saturated heterocycles. The van der Waals surface area contributed by atoms with Crippen molar-refractivity contribution in [3.05, 3.63) is 0 Å². The van der Waals surface area contributed by atoms with E-state index in [0.29, 0.717) is 12.1 Å². The van der Waals surface area contributed by atoms with E-state index < -0.39 is 0 Å². The second-order valence-electron chi connectivity index (χ2n) is 6.55. The molecule has 2 unspecified atom stereocenters. The van der Waals surface area contributed by atoms with E-state index in [1.807, 2.05) is 0 Å². The van der Waals surface area contributed by atoms with E-state index in [9.17, 15) is 0 Å². The summed E-state index contributed by atoms with van der Waals surface area (Å²) in [6.07, 6.45) is 13.5. The van der Waals surface area contributed by atoms with E-state index in [1.165, 1.54) is 64.2 Å². The molecule has 0 aromatic heterocycles. The van der Waals surface area contributed by atoms with Crippen molar-refractivity contribution in [2.24, 2.45) is 10.7 Å². The molecule has 2 aliphatic heterocycles. The van der Waals surface area contributed by atoms with Crippen LogP contribution in [0.4, 0.5) is 0 Å². The maximum absolute atomic E-state index is 6.05. The molecule has 2 heterocycles. The van der Waals surface area contributed by atoms with Gasteiger partial charge in [-0.15, -0.1) is 0 Å². The maximum Gasteiger partial charge on any atom is 0.191 e. The van der Waals surface area contributed by atoms with Crippen LogP contribution in [0, 0.1) is 0 Å². The summed E-state index contributed by atoms with van der Waals surface area (Å²) < 4.78 is 5.74. The lowest BCUT2D eigenvalue weighted by atomic mass is 10.0. The first-order chi connectivity index (χ1) is 10.3. The molecule has 4 heteroatoms. The number of hydrogen-bond donors (Lipinski definition) is 1. The van der Waals surface area contributed by atoms with Gasteiger partial charge in [0.2, 0.25) is 0 Å². The van der Waals surface area contributed by atoms with Crippen LogP contribution in [-0.2, 0) is 4.74 Å². The highest BCUT2D eigenvalue weighted by molar-refractivity contribution is 5.80. The highest BCUT2D eigenvalue weighted by Crippen LogP contribution is 2.20. The zero-order valence-electron chi connectivity index (χ0n) is 13.7. The van der Waals surface area contributed by atoms with Crippen molar-refractivity contribution in [1.82, 2.24) is 4.90 Å². The first kappa shape index (κ1) is 16.6. The first-order valence-electron chi connectivity index (χ1n) is 8.99. The second-order valence-corrected chi connectivity index (χ2v) is 6.55. The molecule has 4 nitrogen and oxygen atoms in total. The zero-order valence-corrected chi connectivity index (χ0v) is 13.7. The minimum absolute atomic E-state index is 0.369.